The van der Waals surface area contributed by atoms with Crippen LogP contribution < -0.4 is 10.6 Å². The quantitative estimate of drug-likeness (QED) is 0.678. The second-order valence-electron chi connectivity index (χ2n) is 7.53. The molecule has 0 unspecified atom stereocenters. The molecule has 0 saturated carbocycles. The van der Waals surface area contributed by atoms with E-state index in [-0.39, 0.29) is 17.2 Å². The molecule has 0 bridgehead atoms. The van der Waals surface area contributed by atoms with E-state index in [2.05, 4.69) is 41.4 Å². The minimum Gasteiger partial charge on any atom is -0.352 e. The summed E-state index contributed by atoms with van der Waals surface area (Å²) in [5, 5.41) is 8.02. The predicted octanol–water partition coefficient (Wildman–Crippen LogP) is 4.23. The number of carbonyl (C=O) groups excluding carboxylic acids is 2. The number of nitrogens with one attached hydrogen (secondary N) is 2. The van der Waals surface area contributed by atoms with Crippen molar-refractivity contribution < 1.29 is 9.59 Å². The Balaban J connectivity index is 1.62. The van der Waals surface area contributed by atoms with Gasteiger partial charge in [0.2, 0.25) is 0 Å². The topological polar surface area (TPSA) is 84.0 Å². The minimum absolute atomic E-state index is 0.0112. The highest BCUT2D eigenvalue weighted by Gasteiger charge is 2.14. The summed E-state index contributed by atoms with van der Waals surface area (Å²) in [6, 6.07) is 12.2. The van der Waals surface area contributed by atoms with E-state index in [1.807, 2.05) is 23.6 Å². The second-order valence-corrected chi connectivity index (χ2v) is 8.39. The molecule has 2 N–H and O–H groups in total. The van der Waals surface area contributed by atoms with Gasteiger partial charge in [0.05, 0.1) is 5.69 Å². The molecule has 3 rings (SSSR count). The summed E-state index contributed by atoms with van der Waals surface area (Å²) in [4.78, 5) is 33.3. The van der Waals surface area contributed by atoms with Gasteiger partial charge in [0.1, 0.15) is 5.69 Å². The molecule has 0 atom stereocenters. The first-order valence-electron chi connectivity index (χ1n) is 8.88. The van der Waals surface area contributed by atoms with Crippen LogP contribution in [0.2, 0.25) is 0 Å². The fourth-order valence-electron chi connectivity index (χ4n) is 2.35. The maximum atomic E-state index is 12.4. The van der Waals surface area contributed by atoms with Crippen molar-refractivity contribution >= 4 is 28.3 Å². The third-order valence-corrected chi connectivity index (χ3v) is 4.60. The maximum absolute atomic E-state index is 12.4. The number of aromatic nitrogens is 2. The van der Waals surface area contributed by atoms with E-state index in [4.69, 9.17) is 0 Å². The molecule has 28 heavy (non-hydrogen) atoms. The van der Waals surface area contributed by atoms with Crippen LogP contribution in [0.3, 0.4) is 0 Å². The van der Waals surface area contributed by atoms with Crippen LogP contribution in [0, 0.1) is 5.41 Å². The molecule has 3 aromatic rings. The van der Waals surface area contributed by atoms with Crippen LogP contribution in [0.4, 0.5) is 5.13 Å². The number of thiazole rings is 1. The highest BCUT2D eigenvalue weighted by molar-refractivity contribution is 7.14. The SMILES string of the molecule is CC(C)(C)CNC(=O)c1ccc(C(=O)Nc2nc(-c3ccccn3)cs2)cc1. The van der Waals surface area contributed by atoms with Crippen LogP contribution in [0.25, 0.3) is 11.4 Å². The number of rotatable bonds is 5. The lowest BCUT2D eigenvalue weighted by Crippen LogP contribution is -2.32. The van der Waals surface area contributed by atoms with Gasteiger partial charge < -0.3 is 5.32 Å². The largest absolute Gasteiger partial charge is 0.352 e. The van der Waals surface area contributed by atoms with Gasteiger partial charge in [-0.15, -0.1) is 11.3 Å². The van der Waals surface area contributed by atoms with Gasteiger partial charge in [0.15, 0.2) is 5.13 Å². The van der Waals surface area contributed by atoms with Crippen LogP contribution in [0.5, 0.6) is 0 Å². The number of carbonyl (C=O) groups is 2. The van der Waals surface area contributed by atoms with Crippen LogP contribution >= 0.6 is 11.3 Å². The first-order chi connectivity index (χ1) is 13.3. The Morgan fingerprint density at radius 3 is 2.25 bits per heavy atom. The maximum Gasteiger partial charge on any atom is 0.257 e. The van der Waals surface area contributed by atoms with E-state index in [9.17, 15) is 9.59 Å². The molecule has 0 spiro atoms. The van der Waals surface area contributed by atoms with Crippen molar-refractivity contribution in [2.75, 3.05) is 11.9 Å². The van der Waals surface area contributed by atoms with Crippen molar-refractivity contribution in [2.24, 2.45) is 5.41 Å². The fraction of sp³-hybridized carbons (Fsp3) is 0.238. The predicted molar refractivity (Wildman–Crippen MR) is 112 cm³/mol. The molecule has 0 aliphatic rings. The Morgan fingerprint density at radius 2 is 1.64 bits per heavy atom. The van der Waals surface area contributed by atoms with E-state index < -0.39 is 0 Å². The fourth-order valence-corrected chi connectivity index (χ4v) is 3.05. The second kappa shape index (κ2) is 8.31. The molecule has 2 aromatic heterocycles. The first kappa shape index (κ1) is 19.7. The van der Waals surface area contributed by atoms with E-state index in [1.54, 1.807) is 30.5 Å². The number of nitrogens with zero attached hydrogens (tertiary/aromatic N) is 2. The summed E-state index contributed by atoms with van der Waals surface area (Å²) in [5.41, 5.74) is 2.46. The number of benzene rings is 1. The van der Waals surface area contributed by atoms with Crippen molar-refractivity contribution in [3.63, 3.8) is 0 Å². The van der Waals surface area contributed by atoms with Gasteiger partial charge in [0, 0.05) is 29.2 Å². The van der Waals surface area contributed by atoms with E-state index in [1.165, 1.54) is 11.3 Å². The summed E-state index contributed by atoms with van der Waals surface area (Å²) < 4.78 is 0. The molecule has 0 aliphatic heterocycles. The zero-order valence-electron chi connectivity index (χ0n) is 16.0. The molecule has 144 valence electrons. The summed E-state index contributed by atoms with van der Waals surface area (Å²) in [7, 11) is 0. The lowest BCUT2D eigenvalue weighted by Gasteiger charge is -2.18. The van der Waals surface area contributed by atoms with Gasteiger partial charge in [-0.2, -0.15) is 0 Å². The zero-order chi connectivity index (χ0) is 20.1. The molecule has 6 nitrogen and oxygen atoms in total. The number of hydrogen-bond acceptors (Lipinski definition) is 5. The van der Waals surface area contributed by atoms with Crippen LogP contribution in [-0.2, 0) is 0 Å². The highest BCUT2D eigenvalue weighted by atomic mass is 32.1. The summed E-state index contributed by atoms with van der Waals surface area (Å²) in [6.45, 7) is 6.74. The van der Waals surface area contributed by atoms with Crippen LogP contribution in [-0.4, -0.2) is 28.3 Å². The number of pyridine rings is 1. The van der Waals surface area contributed by atoms with Crippen molar-refractivity contribution in [2.45, 2.75) is 20.8 Å². The van der Waals surface area contributed by atoms with Crippen molar-refractivity contribution in [1.29, 1.82) is 0 Å². The van der Waals surface area contributed by atoms with Crippen molar-refractivity contribution in [3.05, 3.63) is 65.2 Å². The van der Waals surface area contributed by atoms with Crippen LogP contribution in [0.1, 0.15) is 41.5 Å². The number of anilines is 1. The summed E-state index contributed by atoms with van der Waals surface area (Å²) in [5.74, 6) is -0.426. The van der Waals surface area contributed by atoms with Gasteiger partial charge in [-0.3, -0.25) is 19.9 Å². The lowest BCUT2D eigenvalue weighted by molar-refractivity contribution is 0.0938. The van der Waals surface area contributed by atoms with Gasteiger partial charge >= 0.3 is 0 Å². The smallest absolute Gasteiger partial charge is 0.257 e. The summed E-state index contributed by atoms with van der Waals surface area (Å²) >= 11 is 1.34. The monoisotopic (exact) mass is 394 g/mol. The average molecular weight is 395 g/mol. The van der Waals surface area contributed by atoms with E-state index >= 15 is 0 Å². The summed E-state index contributed by atoms with van der Waals surface area (Å²) in [6.07, 6.45) is 1.70. The molecule has 0 fully saturated rings. The van der Waals surface area contributed by atoms with Crippen molar-refractivity contribution in [1.82, 2.24) is 15.3 Å². The highest BCUT2D eigenvalue weighted by Crippen LogP contribution is 2.23. The third-order valence-electron chi connectivity index (χ3n) is 3.84. The van der Waals surface area contributed by atoms with E-state index in [0.29, 0.717) is 28.5 Å². The molecular weight excluding hydrogens is 372 g/mol. The zero-order valence-corrected chi connectivity index (χ0v) is 16.8. The Kier molecular flexibility index (Phi) is 5.84. The Bertz CT molecular complexity index is 960. The van der Waals surface area contributed by atoms with E-state index in [0.717, 1.165) is 5.69 Å². The molecule has 2 heterocycles. The lowest BCUT2D eigenvalue weighted by atomic mass is 9.97. The van der Waals surface area contributed by atoms with Gasteiger partial charge in [-0.1, -0.05) is 26.8 Å². The molecule has 0 radical (unpaired) electrons. The Morgan fingerprint density at radius 1 is 0.964 bits per heavy atom. The Labute approximate surface area is 168 Å². The molecular formula is C21H22N4O2S. The first-order valence-corrected chi connectivity index (χ1v) is 9.76. The molecule has 0 saturated heterocycles. The number of amides is 2. The Hall–Kier alpha value is -3.06. The minimum atomic E-state index is -0.274. The number of hydrogen-bond donors (Lipinski definition) is 2. The molecule has 7 heteroatoms. The van der Waals surface area contributed by atoms with Crippen molar-refractivity contribution in [3.8, 4) is 11.4 Å². The average Bonchev–Trinajstić information content (AvgIpc) is 3.15. The normalized spacial score (nSPS) is 11.1. The standard InChI is InChI=1S/C21H22N4O2S/c1-21(2,3)13-23-18(26)14-7-9-15(10-8-14)19(27)25-20-24-17(12-28-20)16-6-4-5-11-22-16/h4-12H,13H2,1-3H3,(H,23,26)(H,24,25,27). The molecule has 0 aliphatic carbocycles. The molecule has 2 amide bonds. The van der Waals surface area contributed by atoms with Gasteiger partial charge in [0.25, 0.3) is 11.8 Å². The molecule has 1 aromatic carbocycles. The van der Waals surface area contributed by atoms with Crippen LogP contribution in [0.15, 0.2) is 54.0 Å². The third kappa shape index (κ3) is 5.23. The van der Waals surface area contributed by atoms with Gasteiger partial charge in [-0.05, 0) is 41.8 Å². The van der Waals surface area contributed by atoms with Gasteiger partial charge in [-0.25, -0.2) is 4.98 Å².